The normalized spacial score (nSPS) is 11.0. The number of benzene rings is 1. The maximum atomic E-state index is 11.8. The van der Waals surface area contributed by atoms with Gasteiger partial charge in [0.15, 0.2) is 5.09 Å². The van der Waals surface area contributed by atoms with Gasteiger partial charge in [-0.2, -0.15) is 5.10 Å². The van der Waals surface area contributed by atoms with Crippen LogP contribution in [-0.4, -0.2) is 17.1 Å². The minimum absolute atomic E-state index is 0.291. The van der Waals surface area contributed by atoms with Gasteiger partial charge in [-0.3, -0.25) is 9.78 Å². The average Bonchev–Trinajstić information content (AvgIpc) is 2.97. The molecule has 0 aliphatic carbocycles. The lowest BCUT2D eigenvalue weighted by molar-refractivity contribution is 0.0950. The molecule has 3 rings (SSSR count). The van der Waals surface area contributed by atoms with Crippen molar-refractivity contribution in [2.24, 2.45) is 5.10 Å². The van der Waals surface area contributed by atoms with Gasteiger partial charge >= 0.3 is 0 Å². The Balaban J connectivity index is 1.64. The number of nitrogens with one attached hydrogen (secondary N) is 1. The highest BCUT2D eigenvalue weighted by molar-refractivity contribution is 9.10. The first kappa shape index (κ1) is 17.7. The van der Waals surface area contributed by atoms with E-state index in [-0.39, 0.29) is 0 Å². The number of carbonyl (C=O) groups excluding carboxylic acids is 1. The van der Waals surface area contributed by atoms with Crippen molar-refractivity contribution in [2.75, 3.05) is 0 Å². The summed E-state index contributed by atoms with van der Waals surface area (Å²) in [4.78, 5) is 16.8. The Morgan fingerprint density at radius 2 is 2.08 bits per heavy atom. The summed E-state index contributed by atoms with van der Waals surface area (Å²) in [5.74, 6) is 0.114. The van der Waals surface area contributed by atoms with Crippen molar-refractivity contribution in [3.63, 3.8) is 0 Å². The summed E-state index contributed by atoms with van der Waals surface area (Å²) in [5.41, 5.74) is 2.69. The fraction of sp³-hybridized carbons (Fsp3) is 0. The van der Waals surface area contributed by atoms with E-state index in [1.54, 1.807) is 30.5 Å². The number of hydrogen-bond donors (Lipinski definition) is 1. The molecule has 5 nitrogen and oxygen atoms in total. The smallest absolute Gasteiger partial charge is 0.289 e. The topological polar surface area (TPSA) is 67.5 Å². The molecule has 8 heteroatoms. The van der Waals surface area contributed by atoms with Crippen LogP contribution < -0.4 is 5.43 Å². The summed E-state index contributed by atoms with van der Waals surface area (Å²) in [6, 6.07) is 14.3. The number of pyridine rings is 1. The molecule has 2 aromatic heterocycles. The van der Waals surface area contributed by atoms with Gasteiger partial charge in [0.05, 0.1) is 10.7 Å². The third kappa shape index (κ3) is 4.94. The zero-order valence-corrected chi connectivity index (χ0v) is 15.8. The molecule has 0 atom stereocenters. The summed E-state index contributed by atoms with van der Waals surface area (Å²) in [6.07, 6.45) is 2.97. The molecule has 0 saturated carbocycles. The second-order valence-corrected chi connectivity index (χ2v) is 7.09. The predicted octanol–water partition coefficient (Wildman–Crippen LogP) is 5.01. The third-order valence-electron chi connectivity index (χ3n) is 2.95. The van der Waals surface area contributed by atoms with Gasteiger partial charge in [0, 0.05) is 22.2 Å². The molecule has 3 aromatic rings. The highest BCUT2D eigenvalue weighted by atomic mass is 79.9. The van der Waals surface area contributed by atoms with E-state index in [4.69, 9.17) is 16.0 Å². The number of aromatic nitrogens is 1. The van der Waals surface area contributed by atoms with Gasteiger partial charge < -0.3 is 4.42 Å². The maximum absolute atomic E-state index is 11.8. The maximum Gasteiger partial charge on any atom is 0.289 e. The highest BCUT2D eigenvalue weighted by Crippen LogP contribution is 2.35. The quantitative estimate of drug-likeness (QED) is 0.451. The van der Waals surface area contributed by atoms with Gasteiger partial charge in [-0.15, -0.1) is 0 Å². The van der Waals surface area contributed by atoms with Gasteiger partial charge in [0.2, 0.25) is 0 Å². The number of hydrogen-bond acceptors (Lipinski definition) is 5. The lowest BCUT2D eigenvalue weighted by Crippen LogP contribution is -2.18. The molecule has 126 valence electrons. The lowest BCUT2D eigenvalue weighted by Gasteiger charge is -1.99. The van der Waals surface area contributed by atoms with E-state index in [0.717, 1.165) is 9.37 Å². The fourth-order valence-electron chi connectivity index (χ4n) is 1.82. The summed E-state index contributed by atoms with van der Waals surface area (Å²) >= 11 is 10.8. The zero-order chi connectivity index (χ0) is 17.6. The number of hydrazone groups is 1. The van der Waals surface area contributed by atoms with Crippen molar-refractivity contribution in [3.05, 3.63) is 75.7 Å². The van der Waals surface area contributed by atoms with Crippen LogP contribution >= 0.6 is 39.3 Å². The molecule has 1 N–H and O–H groups in total. The standard InChI is InChI=1S/C17H11BrClN3O2S/c18-14-9-12(10-21-22-16(23)15-3-1-2-8-20-15)24-17(14)25-13-6-4-11(19)5-7-13/h1-10H,(H,22,23)/b21-10+. The van der Waals surface area contributed by atoms with Crippen LogP contribution in [0.2, 0.25) is 5.02 Å². The Bertz CT molecular complexity index is 898. The van der Waals surface area contributed by atoms with Gasteiger partial charge in [-0.25, -0.2) is 5.43 Å². The number of rotatable bonds is 5. The van der Waals surface area contributed by atoms with Crippen molar-refractivity contribution < 1.29 is 9.21 Å². The van der Waals surface area contributed by atoms with E-state index in [1.807, 2.05) is 24.3 Å². The van der Waals surface area contributed by atoms with Crippen LogP contribution in [0.3, 0.4) is 0 Å². The zero-order valence-electron chi connectivity index (χ0n) is 12.6. The Kier molecular flexibility index (Phi) is 5.91. The number of halogens is 2. The monoisotopic (exact) mass is 435 g/mol. The van der Waals surface area contributed by atoms with Crippen LogP contribution in [0, 0.1) is 0 Å². The van der Waals surface area contributed by atoms with Crippen molar-refractivity contribution >= 4 is 51.4 Å². The lowest BCUT2D eigenvalue weighted by atomic mass is 10.3. The van der Waals surface area contributed by atoms with Crippen molar-refractivity contribution in [3.8, 4) is 0 Å². The Labute approximate surface area is 161 Å². The molecule has 0 aliphatic heterocycles. The van der Waals surface area contributed by atoms with E-state index in [9.17, 15) is 4.79 Å². The first-order chi connectivity index (χ1) is 12.1. The van der Waals surface area contributed by atoms with E-state index >= 15 is 0 Å². The summed E-state index contributed by atoms with van der Waals surface area (Å²) in [7, 11) is 0. The second kappa shape index (κ2) is 8.33. The minimum Gasteiger partial charge on any atom is -0.447 e. The molecular weight excluding hydrogens is 426 g/mol. The third-order valence-corrected chi connectivity index (χ3v) is 5.05. The molecule has 0 unspecified atom stereocenters. The summed E-state index contributed by atoms with van der Waals surface area (Å²) in [5, 5.41) is 5.25. The van der Waals surface area contributed by atoms with Crippen LogP contribution in [-0.2, 0) is 0 Å². The average molecular weight is 437 g/mol. The Morgan fingerprint density at radius 1 is 1.28 bits per heavy atom. The Hall–Kier alpha value is -2.09. The van der Waals surface area contributed by atoms with Crippen LogP contribution in [0.1, 0.15) is 16.2 Å². The van der Waals surface area contributed by atoms with Crippen LogP contribution in [0.5, 0.6) is 0 Å². The van der Waals surface area contributed by atoms with Crippen molar-refractivity contribution in [1.29, 1.82) is 0 Å². The molecule has 1 aromatic carbocycles. The summed E-state index contributed by atoms with van der Waals surface area (Å²) in [6.45, 7) is 0. The molecule has 1 amide bonds. The SMILES string of the molecule is O=C(N/N=C/c1cc(Br)c(Sc2ccc(Cl)cc2)o1)c1ccccn1. The molecule has 25 heavy (non-hydrogen) atoms. The van der Waals surface area contributed by atoms with Crippen molar-refractivity contribution in [1.82, 2.24) is 10.4 Å². The first-order valence-electron chi connectivity index (χ1n) is 7.09. The number of amides is 1. The molecule has 0 spiro atoms. The van der Waals surface area contributed by atoms with Gasteiger partial charge in [0.1, 0.15) is 11.5 Å². The molecule has 0 bridgehead atoms. The van der Waals surface area contributed by atoms with E-state index in [2.05, 4.69) is 31.4 Å². The molecule has 0 fully saturated rings. The number of carbonyl (C=O) groups is 1. The number of nitrogens with zero attached hydrogens (tertiary/aromatic N) is 2. The molecule has 0 saturated heterocycles. The van der Waals surface area contributed by atoms with E-state index in [0.29, 0.717) is 21.6 Å². The first-order valence-corrected chi connectivity index (χ1v) is 9.08. The molecule has 0 radical (unpaired) electrons. The highest BCUT2D eigenvalue weighted by Gasteiger charge is 2.10. The largest absolute Gasteiger partial charge is 0.447 e. The van der Waals surface area contributed by atoms with Crippen molar-refractivity contribution in [2.45, 2.75) is 9.99 Å². The van der Waals surface area contributed by atoms with E-state index < -0.39 is 5.91 Å². The molecular formula is C17H11BrClN3O2S. The van der Waals surface area contributed by atoms with Crippen LogP contribution in [0.4, 0.5) is 0 Å². The number of furan rings is 1. The minimum atomic E-state index is -0.391. The van der Waals surface area contributed by atoms with Crippen LogP contribution in [0.15, 0.2) is 78.7 Å². The predicted molar refractivity (Wildman–Crippen MR) is 101 cm³/mol. The van der Waals surface area contributed by atoms with E-state index in [1.165, 1.54) is 18.0 Å². The van der Waals surface area contributed by atoms with Gasteiger partial charge in [0.25, 0.3) is 5.91 Å². The molecule has 2 heterocycles. The second-order valence-electron chi connectivity index (χ2n) is 4.75. The summed E-state index contributed by atoms with van der Waals surface area (Å²) < 4.78 is 6.50. The fourth-order valence-corrected chi connectivity index (χ4v) is 3.28. The Morgan fingerprint density at radius 3 is 2.80 bits per heavy atom. The van der Waals surface area contributed by atoms with Gasteiger partial charge in [-0.05, 0) is 52.3 Å². The molecule has 0 aliphatic rings. The van der Waals surface area contributed by atoms with Gasteiger partial charge in [-0.1, -0.05) is 29.4 Å². The van der Waals surface area contributed by atoms with Crippen LogP contribution in [0.25, 0.3) is 0 Å².